The number of nitrogens with one attached hydrogen (secondary N) is 1. The molecule has 0 aliphatic rings. The maximum atomic E-state index is 10.3. The fourth-order valence-electron chi connectivity index (χ4n) is 3.00. The van der Waals surface area contributed by atoms with E-state index in [1.165, 1.54) is 77.4 Å². The third-order valence-electron chi connectivity index (χ3n) is 4.49. The SMILES string of the molecule is CSNCCCN(CCCCCCCC=O)CCCCCCCC=O. The van der Waals surface area contributed by atoms with E-state index in [0.29, 0.717) is 0 Å². The Labute approximate surface area is 160 Å². The first-order valence-electron chi connectivity index (χ1n) is 10.2. The molecule has 0 unspecified atom stereocenters. The number of carbonyl (C=O) groups excluding carboxylic acids is 2. The Bertz CT molecular complexity index is 269. The van der Waals surface area contributed by atoms with Gasteiger partial charge in [0.15, 0.2) is 0 Å². The lowest BCUT2D eigenvalue weighted by atomic mass is 10.1. The summed E-state index contributed by atoms with van der Waals surface area (Å²) < 4.78 is 3.33. The van der Waals surface area contributed by atoms with Gasteiger partial charge in [0.2, 0.25) is 0 Å². The second-order valence-electron chi connectivity index (χ2n) is 6.74. The molecule has 0 aromatic heterocycles. The van der Waals surface area contributed by atoms with Gasteiger partial charge in [-0.05, 0) is 58.0 Å². The van der Waals surface area contributed by atoms with E-state index < -0.39 is 0 Å². The molecule has 0 aromatic carbocycles. The minimum absolute atomic E-state index is 0.724. The topological polar surface area (TPSA) is 49.4 Å². The molecule has 0 aliphatic heterocycles. The van der Waals surface area contributed by atoms with E-state index in [1.807, 2.05) is 0 Å². The van der Waals surface area contributed by atoms with E-state index in [2.05, 4.69) is 15.9 Å². The molecular formula is C20H40N2O2S. The van der Waals surface area contributed by atoms with Gasteiger partial charge in [0, 0.05) is 19.4 Å². The van der Waals surface area contributed by atoms with Gasteiger partial charge < -0.3 is 14.5 Å². The summed E-state index contributed by atoms with van der Waals surface area (Å²) in [6.45, 7) is 4.68. The van der Waals surface area contributed by atoms with E-state index in [-0.39, 0.29) is 0 Å². The maximum Gasteiger partial charge on any atom is 0.119 e. The molecule has 1 N–H and O–H groups in total. The Hall–Kier alpha value is -0.390. The number of hydrogen-bond donors (Lipinski definition) is 1. The number of hydrogen-bond acceptors (Lipinski definition) is 5. The van der Waals surface area contributed by atoms with Gasteiger partial charge in [-0.25, -0.2) is 0 Å². The fraction of sp³-hybridized carbons (Fsp3) is 0.900. The normalized spacial score (nSPS) is 11.1. The van der Waals surface area contributed by atoms with Crippen LogP contribution in [0.25, 0.3) is 0 Å². The monoisotopic (exact) mass is 372 g/mol. The molecule has 0 saturated heterocycles. The molecule has 0 heterocycles. The molecule has 5 heteroatoms. The zero-order valence-electron chi connectivity index (χ0n) is 16.3. The van der Waals surface area contributed by atoms with Gasteiger partial charge in [-0.2, -0.15) is 0 Å². The van der Waals surface area contributed by atoms with E-state index in [1.54, 1.807) is 11.9 Å². The van der Waals surface area contributed by atoms with Gasteiger partial charge >= 0.3 is 0 Å². The Kier molecular flexibility index (Phi) is 21.3. The lowest BCUT2D eigenvalue weighted by molar-refractivity contribution is -0.108. The number of rotatable bonds is 21. The molecule has 4 nitrogen and oxygen atoms in total. The third kappa shape index (κ3) is 19.8. The number of unbranched alkanes of at least 4 members (excludes halogenated alkanes) is 10. The molecule has 0 fully saturated rings. The molecule has 0 aliphatic carbocycles. The molecule has 0 bridgehead atoms. The first-order chi connectivity index (χ1) is 12.3. The molecule has 0 spiro atoms. The third-order valence-corrected chi connectivity index (χ3v) is 4.98. The Morgan fingerprint density at radius 1 is 0.680 bits per heavy atom. The highest BCUT2D eigenvalue weighted by atomic mass is 32.2. The summed E-state index contributed by atoms with van der Waals surface area (Å²) in [7, 11) is 0. The molecule has 0 saturated carbocycles. The van der Waals surface area contributed by atoms with Gasteiger partial charge in [-0.3, -0.25) is 4.72 Å². The Balaban J connectivity index is 3.74. The van der Waals surface area contributed by atoms with Crippen molar-refractivity contribution in [3.63, 3.8) is 0 Å². The van der Waals surface area contributed by atoms with Crippen molar-refractivity contribution in [2.24, 2.45) is 0 Å². The Morgan fingerprint density at radius 3 is 1.60 bits per heavy atom. The van der Waals surface area contributed by atoms with E-state index in [9.17, 15) is 9.59 Å². The lowest BCUT2D eigenvalue weighted by Gasteiger charge is -2.22. The predicted octanol–water partition coefficient (Wildman–Crippen LogP) is 4.63. The van der Waals surface area contributed by atoms with Crippen LogP contribution in [0.2, 0.25) is 0 Å². The highest BCUT2D eigenvalue weighted by Crippen LogP contribution is 2.09. The van der Waals surface area contributed by atoms with Crippen molar-refractivity contribution in [2.45, 2.75) is 83.5 Å². The van der Waals surface area contributed by atoms with Gasteiger partial charge in [-0.15, -0.1) is 0 Å². The molecule has 148 valence electrons. The summed E-state index contributed by atoms with van der Waals surface area (Å²) in [5.41, 5.74) is 0. The van der Waals surface area contributed by atoms with Crippen LogP contribution in [0.1, 0.15) is 83.5 Å². The highest BCUT2D eigenvalue weighted by molar-refractivity contribution is 7.96. The van der Waals surface area contributed by atoms with Crippen LogP contribution in [0.3, 0.4) is 0 Å². The van der Waals surface area contributed by atoms with Crippen LogP contribution in [-0.4, -0.2) is 49.9 Å². The summed E-state index contributed by atoms with van der Waals surface area (Å²) in [4.78, 5) is 23.2. The minimum Gasteiger partial charge on any atom is -0.303 e. The standard InChI is InChI=1S/C20H40N2O2S/c1-25-21-15-14-18-22(16-10-6-2-4-8-12-19-23)17-11-7-3-5-9-13-20-24/h19-21H,2-18H2,1H3. The zero-order valence-corrected chi connectivity index (χ0v) is 17.2. The van der Waals surface area contributed by atoms with E-state index in [0.717, 1.165) is 44.8 Å². The van der Waals surface area contributed by atoms with Crippen LogP contribution >= 0.6 is 11.9 Å². The molecule has 0 aromatic rings. The molecule has 0 radical (unpaired) electrons. The minimum atomic E-state index is 0.724. The molecular weight excluding hydrogens is 332 g/mol. The largest absolute Gasteiger partial charge is 0.303 e. The summed E-state index contributed by atoms with van der Waals surface area (Å²) in [5.74, 6) is 0. The van der Waals surface area contributed by atoms with Crippen molar-refractivity contribution in [3.8, 4) is 0 Å². The highest BCUT2D eigenvalue weighted by Gasteiger charge is 2.04. The molecule has 0 rings (SSSR count). The lowest BCUT2D eigenvalue weighted by Crippen LogP contribution is -2.28. The van der Waals surface area contributed by atoms with Crippen molar-refractivity contribution in [3.05, 3.63) is 0 Å². The van der Waals surface area contributed by atoms with E-state index >= 15 is 0 Å². The van der Waals surface area contributed by atoms with Gasteiger partial charge in [0.25, 0.3) is 0 Å². The molecule has 0 amide bonds. The molecule has 25 heavy (non-hydrogen) atoms. The quantitative estimate of drug-likeness (QED) is 0.181. The van der Waals surface area contributed by atoms with Crippen LogP contribution in [0.15, 0.2) is 0 Å². The first-order valence-corrected chi connectivity index (χ1v) is 11.4. The average Bonchev–Trinajstić information content (AvgIpc) is 2.63. The second-order valence-corrected chi connectivity index (χ2v) is 7.44. The summed E-state index contributed by atoms with van der Waals surface area (Å²) in [6.07, 6.45) is 18.9. The number of nitrogens with zero attached hydrogens (tertiary/aromatic N) is 1. The van der Waals surface area contributed by atoms with Crippen molar-refractivity contribution >= 4 is 24.5 Å². The zero-order chi connectivity index (χ0) is 18.4. The first kappa shape index (κ1) is 24.6. The van der Waals surface area contributed by atoms with Gasteiger partial charge in [0.05, 0.1) is 0 Å². The Morgan fingerprint density at radius 2 is 1.12 bits per heavy atom. The summed E-state index contributed by atoms with van der Waals surface area (Å²) >= 11 is 1.70. The van der Waals surface area contributed by atoms with Crippen molar-refractivity contribution in [1.82, 2.24) is 9.62 Å². The summed E-state index contributed by atoms with van der Waals surface area (Å²) in [6, 6.07) is 0. The predicted molar refractivity (Wildman–Crippen MR) is 110 cm³/mol. The van der Waals surface area contributed by atoms with Crippen molar-refractivity contribution in [2.75, 3.05) is 32.4 Å². The van der Waals surface area contributed by atoms with Crippen molar-refractivity contribution < 1.29 is 9.59 Å². The average molecular weight is 373 g/mol. The summed E-state index contributed by atoms with van der Waals surface area (Å²) in [5, 5.41) is 0. The van der Waals surface area contributed by atoms with Crippen molar-refractivity contribution in [1.29, 1.82) is 0 Å². The van der Waals surface area contributed by atoms with Crippen LogP contribution < -0.4 is 4.72 Å². The van der Waals surface area contributed by atoms with Crippen LogP contribution in [0, 0.1) is 0 Å². The van der Waals surface area contributed by atoms with Crippen LogP contribution in [0.4, 0.5) is 0 Å². The number of carbonyl (C=O) groups is 2. The number of aldehydes is 2. The smallest absolute Gasteiger partial charge is 0.119 e. The fourth-order valence-corrected chi connectivity index (χ4v) is 3.35. The second kappa shape index (κ2) is 21.7. The van der Waals surface area contributed by atoms with Gasteiger partial charge in [0.1, 0.15) is 12.6 Å². The maximum absolute atomic E-state index is 10.3. The van der Waals surface area contributed by atoms with Gasteiger partial charge in [-0.1, -0.05) is 50.5 Å². The van der Waals surface area contributed by atoms with Crippen LogP contribution in [0.5, 0.6) is 0 Å². The molecule has 0 atom stereocenters. The van der Waals surface area contributed by atoms with Crippen LogP contribution in [-0.2, 0) is 9.59 Å². The van der Waals surface area contributed by atoms with E-state index in [4.69, 9.17) is 0 Å².